The molecule has 0 saturated carbocycles. The number of carbonyl (C=O) groups is 3. The molecule has 34 heavy (non-hydrogen) atoms. The van der Waals surface area contributed by atoms with Crippen molar-refractivity contribution in [3.8, 4) is 5.75 Å². The highest BCUT2D eigenvalue weighted by molar-refractivity contribution is 14.1. The monoisotopic (exact) mass is 581 g/mol. The Kier molecular flexibility index (Phi) is 9.90. The Morgan fingerprint density at radius 3 is 2.26 bits per heavy atom. The fraction of sp³-hybridized carbons (Fsp3) is 0.423. The number of Topliss-reactive ketones (excluding diaryl/α,β-unsaturated/α-hetero) is 1. The number of likely N-dealkylation sites (N-methyl/N-ethyl adjacent to an activating group) is 1. The number of rotatable bonds is 9. The molecule has 0 aliphatic heterocycles. The first-order valence-corrected chi connectivity index (χ1v) is 12.0. The summed E-state index contributed by atoms with van der Waals surface area (Å²) in [6.45, 7) is 7.06. The highest BCUT2D eigenvalue weighted by atomic mass is 127. The van der Waals surface area contributed by atoms with Crippen molar-refractivity contribution in [2.45, 2.75) is 52.4 Å². The Morgan fingerprint density at radius 2 is 1.71 bits per heavy atom. The van der Waals surface area contributed by atoms with Crippen LogP contribution in [0.25, 0.3) is 0 Å². The summed E-state index contributed by atoms with van der Waals surface area (Å²) in [6.07, 6.45) is -0.718. The highest BCUT2D eigenvalue weighted by Gasteiger charge is 2.33. The van der Waals surface area contributed by atoms with E-state index in [9.17, 15) is 14.4 Å². The molecule has 7 nitrogen and oxygen atoms in total. The van der Waals surface area contributed by atoms with E-state index in [-0.39, 0.29) is 18.8 Å². The third-order valence-electron chi connectivity index (χ3n) is 5.00. The second-order valence-corrected chi connectivity index (χ2v) is 10.2. The summed E-state index contributed by atoms with van der Waals surface area (Å²) < 4.78 is 17.0. The predicted octanol–water partition coefficient (Wildman–Crippen LogP) is 5.55. The third kappa shape index (κ3) is 8.00. The van der Waals surface area contributed by atoms with Crippen molar-refractivity contribution in [2.75, 3.05) is 14.2 Å². The van der Waals surface area contributed by atoms with E-state index in [1.54, 1.807) is 53.0 Å². The molecule has 2 rings (SSSR count). The normalized spacial score (nSPS) is 12.9. The van der Waals surface area contributed by atoms with Gasteiger partial charge in [-0.2, -0.15) is 0 Å². The molecule has 0 aliphatic rings. The summed E-state index contributed by atoms with van der Waals surface area (Å²) >= 11 is 2.11. The minimum Gasteiger partial charge on any atom is -0.496 e. The van der Waals surface area contributed by atoms with Crippen molar-refractivity contribution < 1.29 is 28.6 Å². The van der Waals surface area contributed by atoms with Gasteiger partial charge in [-0.05, 0) is 66.6 Å². The molecule has 0 unspecified atom stereocenters. The number of ketones is 1. The number of amides is 1. The Labute approximate surface area is 214 Å². The van der Waals surface area contributed by atoms with E-state index in [0.29, 0.717) is 11.3 Å². The molecule has 8 heteroatoms. The molecule has 0 N–H and O–H groups in total. The number of esters is 1. The Bertz CT molecular complexity index is 1000. The molecule has 2 atom stereocenters. The van der Waals surface area contributed by atoms with Crippen LogP contribution in [0.4, 0.5) is 4.79 Å². The van der Waals surface area contributed by atoms with Crippen LogP contribution in [0.2, 0.25) is 0 Å². The Balaban J connectivity index is 2.21. The van der Waals surface area contributed by atoms with Gasteiger partial charge in [0.05, 0.1) is 16.6 Å². The minimum absolute atomic E-state index is 0.0893. The van der Waals surface area contributed by atoms with E-state index in [4.69, 9.17) is 14.2 Å². The van der Waals surface area contributed by atoms with Crippen LogP contribution >= 0.6 is 22.6 Å². The fourth-order valence-electron chi connectivity index (χ4n) is 3.29. The summed E-state index contributed by atoms with van der Waals surface area (Å²) in [5, 5.41) is 0. The average Bonchev–Trinajstić information content (AvgIpc) is 2.77. The lowest BCUT2D eigenvalue weighted by Gasteiger charge is -2.31. The van der Waals surface area contributed by atoms with Crippen LogP contribution in [-0.2, 0) is 25.7 Å². The number of hydrogen-bond acceptors (Lipinski definition) is 6. The number of carbonyl (C=O) groups excluding carboxylic acids is 3. The molecule has 0 heterocycles. The van der Waals surface area contributed by atoms with Gasteiger partial charge in [-0.1, -0.05) is 43.3 Å². The molecular formula is C26H32INO6. The SMILES string of the molecule is COc1ccc([C@@H](C(=O)C[C@@H](C)C(=O)OCc2ccccc2)N(C)C(=O)OC(C)(C)C)cc1I. The van der Waals surface area contributed by atoms with Crippen molar-refractivity contribution in [3.63, 3.8) is 0 Å². The quantitative estimate of drug-likeness (QED) is 0.286. The van der Waals surface area contributed by atoms with Gasteiger partial charge in [-0.15, -0.1) is 0 Å². The summed E-state index contributed by atoms with van der Waals surface area (Å²) in [6, 6.07) is 13.7. The lowest BCUT2D eigenvalue weighted by atomic mass is 9.94. The van der Waals surface area contributed by atoms with Gasteiger partial charge in [0.1, 0.15) is 24.0 Å². The molecule has 0 saturated heterocycles. The number of nitrogens with zero attached hydrogens (tertiary/aromatic N) is 1. The second kappa shape index (κ2) is 12.2. The Morgan fingerprint density at radius 1 is 1.06 bits per heavy atom. The van der Waals surface area contributed by atoms with Gasteiger partial charge in [0, 0.05) is 13.5 Å². The van der Waals surface area contributed by atoms with Crippen LogP contribution in [-0.4, -0.2) is 42.5 Å². The smallest absolute Gasteiger partial charge is 0.410 e. The van der Waals surface area contributed by atoms with Crippen molar-refractivity contribution in [1.29, 1.82) is 0 Å². The van der Waals surface area contributed by atoms with E-state index in [2.05, 4.69) is 22.6 Å². The van der Waals surface area contributed by atoms with Crippen molar-refractivity contribution in [3.05, 3.63) is 63.2 Å². The van der Waals surface area contributed by atoms with Crippen LogP contribution in [0.1, 0.15) is 51.3 Å². The first kappa shape index (κ1) is 27.6. The maximum absolute atomic E-state index is 13.4. The summed E-state index contributed by atoms with van der Waals surface area (Å²) in [5.74, 6) is -0.782. The van der Waals surface area contributed by atoms with Gasteiger partial charge in [-0.3, -0.25) is 14.5 Å². The number of ether oxygens (including phenoxy) is 3. The van der Waals surface area contributed by atoms with Crippen molar-refractivity contribution in [2.24, 2.45) is 5.92 Å². The zero-order valence-electron chi connectivity index (χ0n) is 20.5. The lowest BCUT2D eigenvalue weighted by Crippen LogP contribution is -2.40. The summed E-state index contributed by atoms with van der Waals surface area (Å²) in [7, 11) is 3.08. The van der Waals surface area contributed by atoms with E-state index < -0.39 is 29.6 Å². The fourth-order valence-corrected chi connectivity index (χ4v) is 4.04. The van der Waals surface area contributed by atoms with Crippen molar-refractivity contribution in [1.82, 2.24) is 4.90 Å². The van der Waals surface area contributed by atoms with Crippen LogP contribution in [0, 0.1) is 9.49 Å². The predicted molar refractivity (Wildman–Crippen MR) is 137 cm³/mol. The maximum atomic E-state index is 13.4. The summed E-state index contributed by atoms with van der Waals surface area (Å²) in [5.41, 5.74) is 0.750. The molecule has 0 aliphatic carbocycles. The summed E-state index contributed by atoms with van der Waals surface area (Å²) in [4.78, 5) is 40.0. The highest BCUT2D eigenvalue weighted by Crippen LogP contribution is 2.30. The molecule has 0 fully saturated rings. The second-order valence-electron chi connectivity index (χ2n) is 9.05. The molecule has 184 valence electrons. The van der Waals surface area contributed by atoms with E-state index >= 15 is 0 Å². The van der Waals surface area contributed by atoms with Crippen molar-refractivity contribution >= 4 is 40.4 Å². The zero-order chi connectivity index (χ0) is 25.5. The van der Waals surface area contributed by atoms with Crippen LogP contribution in [0.5, 0.6) is 5.75 Å². The average molecular weight is 581 g/mol. The molecule has 1 amide bonds. The largest absolute Gasteiger partial charge is 0.496 e. The topological polar surface area (TPSA) is 82.1 Å². The van der Waals surface area contributed by atoms with Gasteiger partial charge < -0.3 is 14.2 Å². The first-order chi connectivity index (χ1) is 15.9. The third-order valence-corrected chi connectivity index (χ3v) is 5.84. The van der Waals surface area contributed by atoms with E-state index in [1.165, 1.54) is 11.9 Å². The number of halogens is 1. The molecule has 0 bridgehead atoms. The molecule has 0 spiro atoms. The van der Waals surface area contributed by atoms with Gasteiger partial charge in [-0.25, -0.2) is 4.79 Å². The van der Waals surface area contributed by atoms with Gasteiger partial charge in [0.2, 0.25) is 0 Å². The van der Waals surface area contributed by atoms with Crippen LogP contribution in [0.3, 0.4) is 0 Å². The molecule has 2 aromatic carbocycles. The Hall–Kier alpha value is -2.62. The van der Waals surface area contributed by atoms with Crippen LogP contribution < -0.4 is 4.74 Å². The maximum Gasteiger partial charge on any atom is 0.410 e. The number of methoxy groups -OCH3 is 1. The molecule has 0 aromatic heterocycles. The van der Waals surface area contributed by atoms with E-state index in [0.717, 1.165) is 9.13 Å². The van der Waals surface area contributed by atoms with Gasteiger partial charge >= 0.3 is 12.1 Å². The van der Waals surface area contributed by atoms with Gasteiger partial charge in [0.15, 0.2) is 5.78 Å². The first-order valence-electron chi connectivity index (χ1n) is 11.0. The number of benzene rings is 2. The lowest BCUT2D eigenvalue weighted by molar-refractivity contribution is -0.151. The zero-order valence-corrected chi connectivity index (χ0v) is 22.6. The minimum atomic E-state index is -0.932. The molecular weight excluding hydrogens is 549 g/mol. The molecule has 0 radical (unpaired) electrons. The standard InChI is InChI=1S/C26H32INO6/c1-17(24(30)33-16-18-10-8-7-9-11-18)14-21(29)23(28(5)25(31)34-26(2,3)4)19-12-13-22(32-6)20(27)15-19/h7-13,15,17,23H,14,16H2,1-6H3/t17-,23+/m1/s1. The molecule has 2 aromatic rings. The van der Waals surface area contributed by atoms with Gasteiger partial charge in [0.25, 0.3) is 0 Å². The van der Waals surface area contributed by atoms with Crippen LogP contribution in [0.15, 0.2) is 48.5 Å². The van der Waals surface area contributed by atoms with E-state index in [1.807, 2.05) is 30.3 Å². The number of hydrogen-bond donors (Lipinski definition) is 0.